The van der Waals surface area contributed by atoms with Gasteiger partial charge in [-0.05, 0) is 24.6 Å². The largest absolute Gasteiger partial charge is 0.497 e. The number of benzene rings is 2. The molecule has 0 fully saturated rings. The van der Waals surface area contributed by atoms with E-state index in [4.69, 9.17) is 9.47 Å². The van der Waals surface area contributed by atoms with E-state index >= 15 is 0 Å². The average Bonchev–Trinajstić information content (AvgIpc) is 2.73. The molecule has 1 N–H and O–H groups in total. The number of nitrogens with one attached hydrogen (secondary N) is 1. The molecular weight excluding hydrogens is 342 g/mol. The van der Waals surface area contributed by atoms with Crippen molar-refractivity contribution in [3.63, 3.8) is 0 Å². The highest BCUT2D eigenvalue weighted by Crippen LogP contribution is 2.30. The number of aromatic nitrogens is 3. The fourth-order valence-electron chi connectivity index (χ4n) is 2.69. The molecule has 0 unspecified atom stereocenters. The van der Waals surface area contributed by atoms with E-state index in [0.717, 1.165) is 18.9 Å². The van der Waals surface area contributed by atoms with Crippen LogP contribution in [0.3, 0.4) is 0 Å². The van der Waals surface area contributed by atoms with Crippen LogP contribution in [0.4, 0.5) is 17.5 Å². The lowest BCUT2D eigenvalue weighted by molar-refractivity contribution is 0.405. The molecule has 0 atom stereocenters. The Morgan fingerprint density at radius 2 is 1.85 bits per heavy atom. The molecule has 0 amide bonds. The molecule has 140 valence electrons. The molecule has 2 aromatic carbocycles. The summed E-state index contributed by atoms with van der Waals surface area (Å²) >= 11 is 0. The molecule has 0 aliphatic rings. The molecule has 0 saturated heterocycles. The van der Waals surface area contributed by atoms with Crippen molar-refractivity contribution in [1.29, 1.82) is 0 Å². The third-order valence-electron chi connectivity index (χ3n) is 4.12. The minimum absolute atomic E-state index is 0.394. The maximum absolute atomic E-state index is 5.39. The number of nitrogens with zero attached hydrogens (tertiary/aromatic N) is 4. The highest BCUT2D eigenvalue weighted by Gasteiger charge is 2.11. The zero-order valence-corrected chi connectivity index (χ0v) is 15.7. The Bertz CT molecular complexity index is 873. The number of methoxy groups -OCH3 is 2. The standard InChI is InChI=1S/C20H23N5O2/c1-4-25(14-15-8-6-5-7-9-15)19-13-21-24-20(23-19)22-17-12-16(26-2)10-11-18(17)27-3/h5-13H,4,14H2,1-3H3,(H,22,23,24). The van der Waals surface area contributed by atoms with Crippen molar-refractivity contribution < 1.29 is 9.47 Å². The number of rotatable bonds is 8. The quantitative estimate of drug-likeness (QED) is 0.653. The SMILES string of the molecule is CCN(Cc1ccccc1)c1cnnc(Nc2cc(OC)ccc2OC)n1. The summed E-state index contributed by atoms with van der Waals surface area (Å²) < 4.78 is 10.7. The first-order valence-corrected chi connectivity index (χ1v) is 8.71. The van der Waals surface area contributed by atoms with Crippen LogP contribution in [-0.2, 0) is 6.54 Å². The number of anilines is 3. The van der Waals surface area contributed by atoms with Crippen LogP contribution < -0.4 is 19.7 Å². The van der Waals surface area contributed by atoms with E-state index in [9.17, 15) is 0 Å². The van der Waals surface area contributed by atoms with Crippen LogP contribution in [0.1, 0.15) is 12.5 Å². The van der Waals surface area contributed by atoms with Gasteiger partial charge in [-0.3, -0.25) is 0 Å². The molecule has 7 nitrogen and oxygen atoms in total. The Labute approximate surface area is 159 Å². The van der Waals surface area contributed by atoms with Crippen molar-refractivity contribution in [2.24, 2.45) is 0 Å². The summed E-state index contributed by atoms with van der Waals surface area (Å²) in [7, 11) is 3.23. The second-order valence-corrected chi connectivity index (χ2v) is 5.83. The second kappa shape index (κ2) is 8.84. The van der Waals surface area contributed by atoms with Crippen molar-refractivity contribution in [2.75, 3.05) is 31.0 Å². The van der Waals surface area contributed by atoms with E-state index < -0.39 is 0 Å². The van der Waals surface area contributed by atoms with Gasteiger partial charge in [-0.1, -0.05) is 30.3 Å². The number of ether oxygens (including phenoxy) is 2. The Hall–Kier alpha value is -3.35. The Morgan fingerprint density at radius 3 is 2.56 bits per heavy atom. The van der Waals surface area contributed by atoms with Crippen LogP contribution in [0.25, 0.3) is 0 Å². The number of hydrogen-bond acceptors (Lipinski definition) is 7. The molecule has 0 spiro atoms. The lowest BCUT2D eigenvalue weighted by atomic mass is 10.2. The summed E-state index contributed by atoms with van der Waals surface area (Å²) in [6.07, 6.45) is 1.67. The Kier molecular flexibility index (Phi) is 6.04. The summed E-state index contributed by atoms with van der Waals surface area (Å²) in [5, 5.41) is 11.4. The van der Waals surface area contributed by atoms with Crippen LogP contribution >= 0.6 is 0 Å². The second-order valence-electron chi connectivity index (χ2n) is 5.83. The molecule has 0 radical (unpaired) electrons. The van der Waals surface area contributed by atoms with E-state index in [0.29, 0.717) is 23.1 Å². The van der Waals surface area contributed by atoms with E-state index in [2.05, 4.69) is 44.5 Å². The molecule has 7 heteroatoms. The summed E-state index contributed by atoms with van der Waals surface area (Å²) in [5.41, 5.74) is 1.92. The predicted octanol–water partition coefficient (Wildman–Crippen LogP) is 3.66. The third kappa shape index (κ3) is 4.63. The van der Waals surface area contributed by atoms with Gasteiger partial charge in [-0.15, -0.1) is 5.10 Å². The zero-order valence-electron chi connectivity index (χ0n) is 15.7. The lowest BCUT2D eigenvalue weighted by Gasteiger charge is -2.22. The van der Waals surface area contributed by atoms with Gasteiger partial charge < -0.3 is 19.7 Å². The van der Waals surface area contributed by atoms with Gasteiger partial charge in [-0.25, -0.2) is 0 Å². The van der Waals surface area contributed by atoms with Gasteiger partial charge in [0.25, 0.3) is 0 Å². The van der Waals surface area contributed by atoms with Crippen molar-refractivity contribution in [1.82, 2.24) is 15.2 Å². The van der Waals surface area contributed by atoms with Crippen molar-refractivity contribution >= 4 is 17.5 Å². The average molecular weight is 365 g/mol. The number of hydrogen-bond donors (Lipinski definition) is 1. The predicted molar refractivity (Wildman–Crippen MR) is 106 cm³/mol. The smallest absolute Gasteiger partial charge is 0.249 e. The molecular formula is C20H23N5O2. The van der Waals surface area contributed by atoms with Gasteiger partial charge in [0, 0.05) is 19.2 Å². The van der Waals surface area contributed by atoms with Crippen LogP contribution in [0, 0.1) is 0 Å². The van der Waals surface area contributed by atoms with E-state index in [1.54, 1.807) is 20.4 Å². The van der Waals surface area contributed by atoms with Crippen LogP contribution in [-0.4, -0.2) is 35.9 Å². The highest BCUT2D eigenvalue weighted by atomic mass is 16.5. The molecule has 0 aliphatic carbocycles. The maximum atomic E-state index is 5.39. The maximum Gasteiger partial charge on any atom is 0.249 e. The van der Waals surface area contributed by atoms with Crippen molar-refractivity contribution in [2.45, 2.75) is 13.5 Å². The van der Waals surface area contributed by atoms with Crippen molar-refractivity contribution in [3.8, 4) is 11.5 Å². The zero-order chi connectivity index (χ0) is 19.1. The fourth-order valence-corrected chi connectivity index (χ4v) is 2.69. The molecule has 3 rings (SSSR count). The van der Waals surface area contributed by atoms with Crippen molar-refractivity contribution in [3.05, 3.63) is 60.3 Å². The molecule has 3 aromatic rings. The van der Waals surface area contributed by atoms with Gasteiger partial charge in [-0.2, -0.15) is 10.1 Å². The van der Waals surface area contributed by atoms with Gasteiger partial charge in [0.2, 0.25) is 5.95 Å². The van der Waals surface area contributed by atoms with Gasteiger partial charge in [0.1, 0.15) is 11.5 Å². The minimum atomic E-state index is 0.394. The summed E-state index contributed by atoms with van der Waals surface area (Å²) in [6, 6.07) is 15.7. The van der Waals surface area contributed by atoms with E-state index in [-0.39, 0.29) is 0 Å². The summed E-state index contributed by atoms with van der Waals surface area (Å²) in [6.45, 7) is 3.64. The fraction of sp³-hybridized carbons (Fsp3) is 0.250. The van der Waals surface area contributed by atoms with Gasteiger partial charge >= 0.3 is 0 Å². The molecule has 1 heterocycles. The molecule has 1 aromatic heterocycles. The minimum Gasteiger partial charge on any atom is -0.497 e. The van der Waals surface area contributed by atoms with Crippen LogP contribution in [0.15, 0.2) is 54.7 Å². The van der Waals surface area contributed by atoms with Crippen LogP contribution in [0.2, 0.25) is 0 Å². The third-order valence-corrected chi connectivity index (χ3v) is 4.12. The van der Waals surface area contributed by atoms with E-state index in [1.165, 1.54) is 5.56 Å². The topological polar surface area (TPSA) is 72.4 Å². The van der Waals surface area contributed by atoms with Gasteiger partial charge in [0.05, 0.1) is 26.1 Å². The molecule has 0 aliphatic heterocycles. The van der Waals surface area contributed by atoms with Crippen LogP contribution in [0.5, 0.6) is 11.5 Å². The summed E-state index contributed by atoms with van der Waals surface area (Å²) in [5.74, 6) is 2.52. The monoisotopic (exact) mass is 365 g/mol. The molecule has 0 bridgehead atoms. The normalized spacial score (nSPS) is 10.3. The van der Waals surface area contributed by atoms with E-state index in [1.807, 2.05) is 36.4 Å². The lowest BCUT2D eigenvalue weighted by Crippen LogP contribution is -2.23. The first kappa shape index (κ1) is 18.4. The Balaban J connectivity index is 1.83. The first-order chi connectivity index (χ1) is 13.2. The summed E-state index contributed by atoms with van der Waals surface area (Å²) in [4.78, 5) is 6.75. The first-order valence-electron chi connectivity index (χ1n) is 8.71. The molecule has 0 saturated carbocycles. The Morgan fingerprint density at radius 1 is 1.04 bits per heavy atom. The van der Waals surface area contributed by atoms with Gasteiger partial charge in [0.15, 0.2) is 5.82 Å². The highest BCUT2D eigenvalue weighted by molar-refractivity contribution is 5.65. The molecule has 27 heavy (non-hydrogen) atoms.